The van der Waals surface area contributed by atoms with E-state index in [0.717, 1.165) is 16.6 Å². The van der Waals surface area contributed by atoms with E-state index < -0.39 is 5.23 Å². The van der Waals surface area contributed by atoms with Crippen molar-refractivity contribution < 1.29 is 15.2 Å². The Bertz CT molecular complexity index is 802. The van der Waals surface area contributed by atoms with E-state index in [1.165, 1.54) is 18.2 Å². The molecule has 1 aromatic heterocycles. The maximum atomic E-state index is 12.1. The summed E-state index contributed by atoms with van der Waals surface area (Å²) in [5.41, 5.74) is 2.50. The molecule has 0 bridgehead atoms. The number of fused-ring (bicyclic) bond motifs is 1. The molecule has 0 aliphatic rings. The number of carbonyl (C=O) groups is 1. The second-order valence-corrected chi connectivity index (χ2v) is 4.73. The summed E-state index contributed by atoms with van der Waals surface area (Å²) in [6.07, 6.45) is 3.04. The summed E-state index contributed by atoms with van der Waals surface area (Å²) < 4.78 is 0. The second kappa shape index (κ2) is 5.90. The number of rotatable bonds is 4. The highest BCUT2D eigenvalue weighted by atomic mass is 16.8. The van der Waals surface area contributed by atoms with Crippen molar-refractivity contribution in [3.63, 3.8) is 0 Å². The number of imidazole rings is 1. The number of carbonyl (C=O) groups excluding carboxylic acids is 1. The molecule has 0 saturated heterocycles. The highest BCUT2D eigenvalue weighted by Crippen LogP contribution is 2.12. The first-order chi connectivity index (χ1) is 10.6. The van der Waals surface area contributed by atoms with Crippen molar-refractivity contribution in [1.29, 1.82) is 0 Å². The number of allylic oxidation sites excluding steroid dienone is 1. The molecule has 1 unspecified atom stereocenters. The van der Waals surface area contributed by atoms with Crippen LogP contribution in [0.2, 0.25) is 0 Å². The first-order valence-corrected chi connectivity index (χ1v) is 6.64. The third-order valence-corrected chi connectivity index (χ3v) is 3.21. The Labute approximate surface area is 125 Å². The minimum Gasteiger partial charge on any atom is -0.595 e. The number of nitrogens with one attached hydrogen (secondary N) is 2. The Morgan fingerprint density at radius 1 is 1.18 bits per heavy atom. The van der Waals surface area contributed by atoms with Crippen LogP contribution in [0.4, 0.5) is 5.69 Å². The van der Waals surface area contributed by atoms with E-state index in [1.54, 1.807) is 18.2 Å². The Kier molecular flexibility index (Phi) is 3.80. The Morgan fingerprint density at radius 3 is 2.59 bits per heavy atom. The molecule has 1 heterocycles. The van der Waals surface area contributed by atoms with Gasteiger partial charge in [-0.15, -0.1) is 0 Å². The van der Waals surface area contributed by atoms with Gasteiger partial charge in [-0.3, -0.25) is 4.79 Å². The molecule has 0 fully saturated rings. The largest absolute Gasteiger partial charge is 0.595 e. The van der Waals surface area contributed by atoms with Gasteiger partial charge in [0.25, 0.3) is 0 Å². The zero-order valence-electron chi connectivity index (χ0n) is 11.5. The SMILES string of the molecule is O=C(/C=C/c1ccc([NH+]([O-])O)cc1)c1nc2ccccc2[nH]1. The number of hydrogen-bond acceptors (Lipinski definition) is 4. The van der Waals surface area contributed by atoms with Gasteiger partial charge in [0, 0.05) is 12.1 Å². The Hall–Kier alpha value is -2.80. The third kappa shape index (κ3) is 2.94. The van der Waals surface area contributed by atoms with Crippen molar-refractivity contribution in [3.05, 3.63) is 71.2 Å². The highest BCUT2D eigenvalue weighted by molar-refractivity contribution is 6.05. The van der Waals surface area contributed by atoms with E-state index >= 15 is 0 Å². The van der Waals surface area contributed by atoms with Gasteiger partial charge in [-0.05, 0) is 35.9 Å². The normalized spacial score (nSPS) is 12.8. The van der Waals surface area contributed by atoms with E-state index in [0.29, 0.717) is 0 Å². The molecule has 1 atom stereocenters. The number of H-pyrrole nitrogens is 1. The monoisotopic (exact) mass is 295 g/mol. The zero-order chi connectivity index (χ0) is 15.5. The number of ketones is 1. The molecule has 22 heavy (non-hydrogen) atoms. The van der Waals surface area contributed by atoms with E-state index in [2.05, 4.69) is 9.97 Å². The Morgan fingerprint density at radius 2 is 1.91 bits per heavy atom. The van der Waals surface area contributed by atoms with Crippen LogP contribution in [-0.2, 0) is 0 Å². The molecule has 3 aromatic rings. The first-order valence-electron chi connectivity index (χ1n) is 6.64. The third-order valence-electron chi connectivity index (χ3n) is 3.21. The number of quaternary nitrogens is 1. The van der Waals surface area contributed by atoms with Crippen LogP contribution in [0.1, 0.15) is 16.2 Å². The summed E-state index contributed by atoms with van der Waals surface area (Å²) in [5.74, 6) is 0.0399. The fraction of sp³-hybridized carbons (Fsp3) is 0. The lowest BCUT2D eigenvalue weighted by Crippen LogP contribution is -2.99. The topological polar surface area (TPSA) is 93.5 Å². The van der Waals surface area contributed by atoms with Gasteiger partial charge >= 0.3 is 0 Å². The van der Waals surface area contributed by atoms with E-state index in [-0.39, 0.29) is 17.3 Å². The van der Waals surface area contributed by atoms with Crippen LogP contribution < -0.4 is 5.23 Å². The maximum absolute atomic E-state index is 12.1. The van der Waals surface area contributed by atoms with Crippen molar-refractivity contribution in [3.8, 4) is 0 Å². The van der Waals surface area contributed by atoms with Crippen LogP contribution in [0, 0.1) is 5.21 Å². The van der Waals surface area contributed by atoms with Crippen LogP contribution in [-0.4, -0.2) is 21.0 Å². The highest BCUT2D eigenvalue weighted by Gasteiger charge is 2.08. The predicted octanol–water partition coefficient (Wildman–Crippen LogP) is 1.86. The molecule has 0 saturated carbocycles. The summed E-state index contributed by atoms with van der Waals surface area (Å²) in [6.45, 7) is 0. The molecule has 3 rings (SSSR count). The number of benzene rings is 2. The second-order valence-electron chi connectivity index (χ2n) is 4.73. The minimum atomic E-state index is -0.978. The van der Waals surface area contributed by atoms with Crippen molar-refractivity contribution in [2.45, 2.75) is 0 Å². The minimum absolute atomic E-state index is 0.209. The average Bonchev–Trinajstić information content (AvgIpc) is 2.97. The smallest absolute Gasteiger partial charge is 0.221 e. The standard InChI is InChI=1S/C16H13N3O3/c20-15(16-17-13-3-1-2-4-14(13)18-16)10-7-11-5-8-12(9-6-11)19(21)22/h1-10,19,21H,(H,17,18)/b10-7+. The van der Waals surface area contributed by atoms with Gasteiger partial charge in [0.15, 0.2) is 11.5 Å². The molecule has 6 nitrogen and oxygen atoms in total. The molecule has 0 amide bonds. The molecule has 2 aromatic carbocycles. The molecular formula is C16H13N3O3. The lowest BCUT2D eigenvalue weighted by Gasteiger charge is -2.10. The van der Waals surface area contributed by atoms with Gasteiger partial charge in [-0.2, -0.15) is 5.23 Å². The van der Waals surface area contributed by atoms with Crippen LogP contribution in [0.5, 0.6) is 0 Å². The molecule has 0 spiro atoms. The van der Waals surface area contributed by atoms with Crippen molar-refractivity contribution in [2.75, 3.05) is 0 Å². The van der Waals surface area contributed by atoms with E-state index in [1.807, 2.05) is 24.3 Å². The van der Waals surface area contributed by atoms with Crippen molar-refractivity contribution >= 4 is 28.6 Å². The van der Waals surface area contributed by atoms with E-state index in [9.17, 15) is 10.0 Å². The molecule has 110 valence electrons. The lowest BCUT2D eigenvalue weighted by molar-refractivity contribution is -0.991. The van der Waals surface area contributed by atoms with Crippen molar-refractivity contribution in [1.82, 2.24) is 9.97 Å². The number of para-hydroxylation sites is 2. The summed E-state index contributed by atoms with van der Waals surface area (Å²) >= 11 is 0. The van der Waals surface area contributed by atoms with Crippen LogP contribution in [0.3, 0.4) is 0 Å². The summed E-state index contributed by atoms with van der Waals surface area (Å²) in [7, 11) is 0. The summed E-state index contributed by atoms with van der Waals surface area (Å²) in [6, 6.07) is 13.7. The van der Waals surface area contributed by atoms with E-state index in [4.69, 9.17) is 5.21 Å². The molecule has 6 heteroatoms. The average molecular weight is 295 g/mol. The number of aromatic nitrogens is 2. The number of nitrogens with zero attached hydrogens (tertiary/aromatic N) is 1. The van der Waals surface area contributed by atoms with Gasteiger partial charge in [0.05, 0.1) is 11.0 Å². The fourth-order valence-corrected chi connectivity index (χ4v) is 2.06. The van der Waals surface area contributed by atoms with Gasteiger partial charge in [-0.25, -0.2) is 10.2 Å². The molecule has 3 N–H and O–H groups in total. The number of aromatic amines is 1. The van der Waals surface area contributed by atoms with Crippen LogP contribution >= 0.6 is 0 Å². The predicted molar refractivity (Wildman–Crippen MR) is 81.7 cm³/mol. The first kappa shape index (κ1) is 14.2. The fourth-order valence-electron chi connectivity index (χ4n) is 2.06. The van der Waals surface area contributed by atoms with Gasteiger partial charge in [0.2, 0.25) is 5.78 Å². The number of hydrogen-bond donors (Lipinski definition) is 3. The molecular weight excluding hydrogens is 282 g/mol. The lowest BCUT2D eigenvalue weighted by atomic mass is 10.2. The quantitative estimate of drug-likeness (QED) is 0.389. The van der Waals surface area contributed by atoms with Crippen LogP contribution in [0.25, 0.3) is 17.1 Å². The van der Waals surface area contributed by atoms with Gasteiger partial charge in [-0.1, -0.05) is 18.2 Å². The maximum Gasteiger partial charge on any atom is 0.221 e. The summed E-state index contributed by atoms with van der Waals surface area (Å²) in [5, 5.41) is 18.6. The van der Waals surface area contributed by atoms with Crippen LogP contribution in [0.15, 0.2) is 54.6 Å². The summed E-state index contributed by atoms with van der Waals surface area (Å²) in [4.78, 5) is 19.3. The van der Waals surface area contributed by atoms with Gasteiger partial charge < -0.3 is 10.2 Å². The van der Waals surface area contributed by atoms with Crippen molar-refractivity contribution in [2.24, 2.45) is 0 Å². The Balaban J connectivity index is 1.78. The molecule has 0 radical (unpaired) electrons. The zero-order valence-corrected chi connectivity index (χ0v) is 11.5. The molecule has 0 aliphatic heterocycles. The molecule has 0 aliphatic carbocycles. The van der Waals surface area contributed by atoms with Gasteiger partial charge in [0.1, 0.15) is 0 Å².